The molecule has 28 heavy (non-hydrogen) atoms. The molecule has 0 saturated carbocycles. The number of fused-ring (bicyclic) bond motifs is 1. The van der Waals surface area contributed by atoms with Crippen LogP contribution >= 0.6 is 0 Å². The lowest BCUT2D eigenvalue weighted by Crippen LogP contribution is -2.21. The van der Waals surface area contributed by atoms with E-state index in [1.807, 2.05) is 35.4 Å². The van der Waals surface area contributed by atoms with E-state index in [1.165, 1.54) is 0 Å². The molecule has 0 amide bonds. The fraction of sp³-hybridized carbons (Fsp3) is 0.333. The quantitative estimate of drug-likeness (QED) is 0.671. The second-order valence-electron chi connectivity index (χ2n) is 5.92. The minimum Gasteiger partial charge on any atom is -0.475 e. The number of aromatic nitrogens is 4. The summed E-state index contributed by atoms with van der Waals surface area (Å²) < 4.78 is 33.7. The highest BCUT2D eigenvalue weighted by atomic mass is 19.4. The third kappa shape index (κ3) is 5.09. The van der Waals surface area contributed by atoms with Gasteiger partial charge in [-0.25, -0.2) is 9.78 Å². The summed E-state index contributed by atoms with van der Waals surface area (Å²) in [7, 11) is 0. The first-order chi connectivity index (χ1) is 13.3. The number of hydrogen-bond donors (Lipinski definition) is 2. The van der Waals surface area contributed by atoms with Gasteiger partial charge in [-0.2, -0.15) is 23.5 Å². The van der Waals surface area contributed by atoms with Crippen molar-refractivity contribution < 1.29 is 23.1 Å². The van der Waals surface area contributed by atoms with Gasteiger partial charge < -0.3 is 10.1 Å². The van der Waals surface area contributed by atoms with Gasteiger partial charge >= 0.3 is 12.1 Å². The van der Waals surface area contributed by atoms with E-state index in [9.17, 15) is 13.2 Å². The van der Waals surface area contributed by atoms with E-state index < -0.39 is 12.1 Å². The summed E-state index contributed by atoms with van der Waals surface area (Å²) in [6.45, 7) is 2.13. The SMILES string of the molecule is CCC[C@@H](CC#N)n1cc(-c2ccnc3[nH]ccc23)cn1.O=C(O)C(F)(F)F. The molecule has 10 heteroatoms. The lowest BCUT2D eigenvalue weighted by molar-refractivity contribution is -0.192. The Morgan fingerprint density at radius 2 is 2.14 bits per heavy atom. The summed E-state index contributed by atoms with van der Waals surface area (Å²) >= 11 is 0. The monoisotopic (exact) mass is 393 g/mol. The number of H-pyrrole nitrogens is 1. The Kier molecular flexibility index (Phi) is 6.76. The third-order valence-electron chi connectivity index (χ3n) is 3.94. The number of aliphatic carboxylic acids is 1. The van der Waals surface area contributed by atoms with Crippen molar-refractivity contribution in [2.45, 2.75) is 38.4 Å². The van der Waals surface area contributed by atoms with E-state index in [0.717, 1.165) is 35.0 Å². The number of nitriles is 1. The highest BCUT2D eigenvalue weighted by Crippen LogP contribution is 2.28. The number of nitrogens with one attached hydrogen (secondary N) is 1. The number of pyridine rings is 1. The van der Waals surface area contributed by atoms with Gasteiger partial charge in [0.05, 0.1) is 24.7 Å². The van der Waals surface area contributed by atoms with Gasteiger partial charge in [0.1, 0.15) is 5.65 Å². The van der Waals surface area contributed by atoms with Crippen LogP contribution in [0.2, 0.25) is 0 Å². The molecule has 148 valence electrons. The first-order valence-electron chi connectivity index (χ1n) is 8.41. The Morgan fingerprint density at radius 1 is 1.43 bits per heavy atom. The van der Waals surface area contributed by atoms with Crippen molar-refractivity contribution in [2.75, 3.05) is 0 Å². The normalized spacial score (nSPS) is 12.1. The molecule has 0 saturated heterocycles. The first-order valence-corrected chi connectivity index (χ1v) is 8.41. The van der Waals surface area contributed by atoms with E-state index in [4.69, 9.17) is 15.2 Å². The second-order valence-corrected chi connectivity index (χ2v) is 5.92. The lowest BCUT2D eigenvalue weighted by Gasteiger charge is -2.12. The van der Waals surface area contributed by atoms with Crippen molar-refractivity contribution in [1.82, 2.24) is 19.7 Å². The average Bonchev–Trinajstić information content (AvgIpc) is 3.30. The van der Waals surface area contributed by atoms with Gasteiger partial charge in [0.2, 0.25) is 0 Å². The molecule has 0 fully saturated rings. The van der Waals surface area contributed by atoms with Crippen LogP contribution in [0.4, 0.5) is 13.2 Å². The fourth-order valence-corrected chi connectivity index (χ4v) is 2.66. The summed E-state index contributed by atoms with van der Waals surface area (Å²) in [5.41, 5.74) is 3.04. The second kappa shape index (κ2) is 9.03. The molecular weight excluding hydrogens is 375 g/mol. The molecule has 0 bridgehead atoms. The van der Waals surface area contributed by atoms with E-state index in [2.05, 4.69) is 28.1 Å². The highest BCUT2D eigenvalue weighted by molar-refractivity contribution is 5.92. The molecule has 0 radical (unpaired) electrons. The van der Waals surface area contributed by atoms with Crippen LogP contribution in [0.5, 0.6) is 0 Å². The Hall–Kier alpha value is -3.35. The molecule has 7 nitrogen and oxygen atoms in total. The van der Waals surface area contributed by atoms with Crippen molar-refractivity contribution in [3.05, 3.63) is 36.9 Å². The number of rotatable bonds is 5. The number of carboxylic acid groups (broad SMARTS) is 1. The zero-order valence-corrected chi connectivity index (χ0v) is 14.9. The van der Waals surface area contributed by atoms with E-state index >= 15 is 0 Å². The Morgan fingerprint density at radius 3 is 2.75 bits per heavy atom. The van der Waals surface area contributed by atoms with E-state index in [-0.39, 0.29) is 6.04 Å². The zero-order chi connectivity index (χ0) is 20.7. The van der Waals surface area contributed by atoms with Crippen LogP contribution in [0.3, 0.4) is 0 Å². The molecule has 1 atom stereocenters. The Balaban J connectivity index is 0.000000345. The maximum Gasteiger partial charge on any atom is 0.490 e. The number of hydrogen-bond acceptors (Lipinski definition) is 4. The fourth-order valence-electron chi connectivity index (χ4n) is 2.66. The highest BCUT2D eigenvalue weighted by Gasteiger charge is 2.38. The molecule has 0 aliphatic carbocycles. The topological polar surface area (TPSA) is 108 Å². The van der Waals surface area contributed by atoms with Crippen LogP contribution in [0.1, 0.15) is 32.2 Å². The van der Waals surface area contributed by atoms with Gasteiger partial charge in [0.25, 0.3) is 0 Å². The maximum atomic E-state index is 10.6. The van der Waals surface area contributed by atoms with Gasteiger partial charge in [-0.05, 0) is 24.1 Å². The average molecular weight is 393 g/mol. The predicted molar refractivity (Wildman–Crippen MR) is 95.2 cm³/mol. The van der Waals surface area contributed by atoms with Crippen molar-refractivity contribution in [1.29, 1.82) is 5.26 Å². The summed E-state index contributed by atoms with van der Waals surface area (Å²) in [6, 6.07) is 6.42. The van der Waals surface area contributed by atoms with E-state index in [1.54, 1.807) is 6.20 Å². The predicted octanol–water partition coefficient (Wildman–Crippen LogP) is 4.31. The molecule has 0 spiro atoms. The molecule has 0 unspecified atom stereocenters. The standard InChI is InChI=1S/C16H17N5.C2HF3O2/c1-2-3-13(4-7-17)21-11-12(10-20-21)14-5-8-18-16-15(14)6-9-19-16;3-2(4,5)1(6)7/h5-6,8-11,13H,2-4H2,1H3,(H,18,19);(H,6,7)/t13-;/m0./s1. The van der Waals surface area contributed by atoms with Gasteiger partial charge in [0.15, 0.2) is 0 Å². The number of nitrogens with zero attached hydrogens (tertiary/aromatic N) is 4. The number of carboxylic acids is 1. The summed E-state index contributed by atoms with van der Waals surface area (Å²) in [5, 5.41) is 21.6. The van der Waals surface area contributed by atoms with Gasteiger partial charge in [-0.3, -0.25) is 4.68 Å². The molecule has 3 aromatic heterocycles. The van der Waals surface area contributed by atoms with Crippen LogP contribution in [-0.2, 0) is 4.79 Å². The van der Waals surface area contributed by atoms with Crippen molar-refractivity contribution in [3.63, 3.8) is 0 Å². The Labute approximate surface area is 158 Å². The molecule has 3 rings (SSSR count). The maximum absolute atomic E-state index is 10.6. The van der Waals surface area contributed by atoms with Crippen LogP contribution in [-0.4, -0.2) is 37.0 Å². The molecule has 0 aliphatic heterocycles. The lowest BCUT2D eigenvalue weighted by atomic mass is 10.1. The van der Waals surface area contributed by atoms with Gasteiger partial charge in [0, 0.05) is 29.5 Å². The number of alkyl halides is 3. The number of halogens is 3. The zero-order valence-electron chi connectivity index (χ0n) is 14.9. The summed E-state index contributed by atoms with van der Waals surface area (Å²) in [6.07, 6.45) is 4.99. The minimum absolute atomic E-state index is 0.150. The van der Waals surface area contributed by atoms with Crippen molar-refractivity contribution in [3.8, 4) is 17.2 Å². The van der Waals surface area contributed by atoms with Crippen molar-refractivity contribution in [2.24, 2.45) is 0 Å². The molecule has 2 N–H and O–H groups in total. The third-order valence-corrected chi connectivity index (χ3v) is 3.94. The van der Waals surface area contributed by atoms with Crippen molar-refractivity contribution >= 4 is 17.0 Å². The van der Waals surface area contributed by atoms with Gasteiger partial charge in [-0.1, -0.05) is 13.3 Å². The van der Waals surface area contributed by atoms with Crippen LogP contribution in [0.15, 0.2) is 36.9 Å². The van der Waals surface area contributed by atoms with Crippen LogP contribution in [0, 0.1) is 11.3 Å². The van der Waals surface area contributed by atoms with Crippen LogP contribution < -0.4 is 0 Å². The molecule has 0 aliphatic rings. The Bertz CT molecular complexity index is 971. The molecule has 3 heterocycles. The number of aromatic amines is 1. The molecule has 0 aromatic carbocycles. The van der Waals surface area contributed by atoms with E-state index in [0.29, 0.717) is 6.42 Å². The largest absolute Gasteiger partial charge is 0.490 e. The first kappa shape index (κ1) is 21.0. The summed E-state index contributed by atoms with van der Waals surface area (Å²) in [5.74, 6) is -2.76. The van der Waals surface area contributed by atoms with Gasteiger partial charge in [-0.15, -0.1) is 0 Å². The molecular formula is C18H18F3N5O2. The molecule has 3 aromatic rings. The smallest absolute Gasteiger partial charge is 0.475 e. The number of carbonyl (C=O) groups is 1. The minimum atomic E-state index is -5.08. The van der Waals surface area contributed by atoms with Crippen LogP contribution in [0.25, 0.3) is 22.2 Å². The summed E-state index contributed by atoms with van der Waals surface area (Å²) in [4.78, 5) is 16.3.